The molecule has 6 nitrogen and oxygen atoms in total. The highest BCUT2D eigenvalue weighted by Crippen LogP contribution is 2.25. The summed E-state index contributed by atoms with van der Waals surface area (Å²) in [5, 5.41) is 0. The van der Waals surface area contributed by atoms with Gasteiger partial charge in [-0.05, 0) is 45.8 Å². The van der Waals surface area contributed by atoms with E-state index < -0.39 is 11.6 Å². The van der Waals surface area contributed by atoms with E-state index in [0.717, 1.165) is 11.1 Å². The van der Waals surface area contributed by atoms with E-state index in [4.69, 9.17) is 9.47 Å². The predicted molar refractivity (Wildman–Crippen MR) is 90.6 cm³/mol. The van der Waals surface area contributed by atoms with Crippen LogP contribution in [0.3, 0.4) is 0 Å². The van der Waals surface area contributed by atoms with Crippen molar-refractivity contribution in [3.63, 3.8) is 0 Å². The van der Waals surface area contributed by atoms with Crippen molar-refractivity contribution in [2.45, 2.75) is 39.7 Å². The smallest absolute Gasteiger partial charge is 0.410 e. The van der Waals surface area contributed by atoms with Crippen LogP contribution in [0, 0.1) is 0 Å². The Bertz CT molecular complexity index is 647. The molecular weight excluding hydrogens is 308 g/mol. The molecule has 0 radical (unpaired) electrons. The van der Waals surface area contributed by atoms with Crippen LogP contribution in [0.1, 0.15) is 50.2 Å². The molecule has 2 heterocycles. The first kappa shape index (κ1) is 18.0. The molecule has 0 spiro atoms. The number of pyridine rings is 1. The Balaban J connectivity index is 2.13. The average molecular weight is 332 g/mol. The molecular formula is C18H24N2O4. The van der Waals surface area contributed by atoms with Gasteiger partial charge in [0.25, 0.3) is 0 Å². The van der Waals surface area contributed by atoms with E-state index in [1.165, 1.54) is 0 Å². The lowest BCUT2D eigenvalue weighted by molar-refractivity contribution is 0.0270. The van der Waals surface area contributed by atoms with Gasteiger partial charge in [-0.2, -0.15) is 0 Å². The van der Waals surface area contributed by atoms with Crippen LogP contribution in [-0.2, 0) is 9.47 Å². The molecule has 0 unspecified atom stereocenters. The number of ether oxygens (including phenoxy) is 2. The van der Waals surface area contributed by atoms with Gasteiger partial charge in [-0.25, -0.2) is 14.6 Å². The van der Waals surface area contributed by atoms with E-state index in [1.54, 1.807) is 24.1 Å². The fraction of sp³-hybridized carbons (Fsp3) is 0.500. The molecule has 0 N–H and O–H groups in total. The zero-order chi connectivity index (χ0) is 17.7. The Morgan fingerprint density at radius 2 is 2.08 bits per heavy atom. The summed E-state index contributed by atoms with van der Waals surface area (Å²) in [6.07, 6.45) is 3.83. The number of esters is 1. The number of rotatable bonds is 3. The first-order valence-corrected chi connectivity index (χ1v) is 8.11. The summed E-state index contributed by atoms with van der Waals surface area (Å²) >= 11 is 0. The summed E-state index contributed by atoms with van der Waals surface area (Å²) in [5.74, 6) is -0.427. The molecule has 130 valence electrons. The Labute approximate surface area is 142 Å². The molecule has 0 fully saturated rings. The maximum atomic E-state index is 12.1. The molecule has 1 aliphatic heterocycles. The Kier molecular flexibility index (Phi) is 5.59. The normalized spacial score (nSPS) is 14.8. The molecule has 0 saturated carbocycles. The quantitative estimate of drug-likeness (QED) is 0.795. The van der Waals surface area contributed by atoms with Gasteiger partial charge < -0.3 is 14.4 Å². The summed E-state index contributed by atoms with van der Waals surface area (Å²) in [6.45, 7) is 8.59. The third kappa shape index (κ3) is 4.57. The fourth-order valence-electron chi connectivity index (χ4n) is 2.43. The molecule has 1 amide bonds. The number of hydrogen-bond acceptors (Lipinski definition) is 5. The van der Waals surface area contributed by atoms with E-state index in [9.17, 15) is 9.59 Å². The lowest BCUT2D eigenvalue weighted by atomic mass is 9.98. The van der Waals surface area contributed by atoms with Crippen molar-refractivity contribution >= 4 is 17.6 Å². The minimum absolute atomic E-state index is 0.306. The molecule has 1 aromatic rings. The topological polar surface area (TPSA) is 68.7 Å². The summed E-state index contributed by atoms with van der Waals surface area (Å²) in [6, 6.07) is 3.65. The SMILES string of the molecule is CCOC(=O)c1ncccc1C1=CCN(C(=O)OC(C)(C)C)CC1. The highest BCUT2D eigenvalue weighted by atomic mass is 16.6. The first-order valence-electron chi connectivity index (χ1n) is 8.11. The van der Waals surface area contributed by atoms with Gasteiger partial charge in [0.1, 0.15) is 5.60 Å². The Morgan fingerprint density at radius 3 is 2.67 bits per heavy atom. The Morgan fingerprint density at radius 1 is 1.33 bits per heavy atom. The molecule has 0 aliphatic carbocycles. The molecule has 1 aliphatic rings. The second-order valence-electron chi connectivity index (χ2n) is 6.53. The summed E-state index contributed by atoms with van der Waals surface area (Å²) in [4.78, 5) is 29.9. The van der Waals surface area contributed by atoms with Gasteiger partial charge in [0.15, 0.2) is 5.69 Å². The zero-order valence-corrected chi connectivity index (χ0v) is 14.7. The monoisotopic (exact) mass is 332 g/mol. The van der Waals surface area contributed by atoms with Crippen LogP contribution in [0.25, 0.3) is 5.57 Å². The molecule has 24 heavy (non-hydrogen) atoms. The summed E-state index contributed by atoms with van der Waals surface area (Å²) < 4.78 is 10.4. The highest BCUT2D eigenvalue weighted by Gasteiger charge is 2.25. The van der Waals surface area contributed by atoms with Gasteiger partial charge in [-0.3, -0.25) is 0 Å². The summed E-state index contributed by atoms with van der Waals surface area (Å²) in [7, 11) is 0. The van der Waals surface area contributed by atoms with Crippen LogP contribution in [-0.4, -0.2) is 47.2 Å². The van der Waals surface area contributed by atoms with Crippen LogP contribution < -0.4 is 0 Å². The number of nitrogens with zero attached hydrogens (tertiary/aromatic N) is 2. The van der Waals surface area contributed by atoms with Crippen molar-refractivity contribution in [3.05, 3.63) is 35.7 Å². The van der Waals surface area contributed by atoms with Crippen molar-refractivity contribution in [3.8, 4) is 0 Å². The van der Waals surface area contributed by atoms with E-state index in [-0.39, 0.29) is 6.09 Å². The van der Waals surface area contributed by atoms with Crippen LogP contribution >= 0.6 is 0 Å². The maximum Gasteiger partial charge on any atom is 0.410 e. The standard InChI is InChI=1S/C18H24N2O4/c1-5-23-16(21)15-14(7-6-10-19-15)13-8-11-20(12-9-13)17(22)24-18(2,3)4/h6-8,10H,5,9,11-12H2,1-4H3. The predicted octanol–water partition coefficient (Wildman–Crippen LogP) is 3.28. The molecule has 0 bridgehead atoms. The van der Waals surface area contributed by atoms with Gasteiger partial charge in [-0.1, -0.05) is 12.1 Å². The van der Waals surface area contributed by atoms with Crippen molar-refractivity contribution in [2.24, 2.45) is 0 Å². The fourth-order valence-corrected chi connectivity index (χ4v) is 2.43. The van der Waals surface area contributed by atoms with Crippen molar-refractivity contribution in [2.75, 3.05) is 19.7 Å². The van der Waals surface area contributed by atoms with Gasteiger partial charge in [0.2, 0.25) is 0 Å². The number of hydrogen-bond donors (Lipinski definition) is 0. The largest absolute Gasteiger partial charge is 0.461 e. The maximum absolute atomic E-state index is 12.1. The zero-order valence-electron chi connectivity index (χ0n) is 14.7. The minimum atomic E-state index is -0.512. The lowest BCUT2D eigenvalue weighted by Crippen LogP contribution is -2.39. The minimum Gasteiger partial charge on any atom is -0.461 e. The molecule has 0 saturated heterocycles. The highest BCUT2D eigenvalue weighted by molar-refractivity contribution is 5.93. The number of aromatic nitrogens is 1. The number of carbonyl (C=O) groups excluding carboxylic acids is 2. The van der Waals surface area contributed by atoms with E-state index >= 15 is 0 Å². The number of amides is 1. The van der Waals surface area contributed by atoms with Crippen molar-refractivity contribution in [1.82, 2.24) is 9.88 Å². The second kappa shape index (κ2) is 7.47. The first-order chi connectivity index (χ1) is 11.3. The van der Waals surface area contributed by atoms with Gasteiger partial charge in [0.05, 0.1) is 6.61 Å². The molecule has 2 rings (SSSR count). The summed E-state index contributed by atoms with van der Waals surface area (Å²) in [5.41, 5.74) is 1.56. The van der Waals surface area contributed by atoms with Crippen molar-refractivity contribution in [1.29, 1.82) is 0 Å². The molecule has 6 heteroatoms. The lowest BCUT2D eigenvalue weighted by Gasteiger charge is -2.29. The van der Waals surface area contributed by atoms with Crippen LogP contribution in [0.2, 0.25) is 0 Å². The van der Waals surface area contributed by atoms with Gasteiger partial charge in [0, 0.05) is 24.8 Å². The van der Waals surface area contributed by atoms with Gasteiger partial charge >= 0.3 is 12.1 Å². The third-order valence-electron chi connectivity index (χ3n) is 3.48. The van der Waals surface area contributed by atoms with Gasteiger partial charge in [-0.15, -0.1) is 0 Å². The molecule has 0 aromatic carbocycles. The van der Waals surface area contributed by atoms with E-state index in [1.807, 2.05) is 32.9 Å². The van der Waals surface area contributed by atoms with Crippen LogP contribution in [0.5, 0.6) is 0 Å². The molecule has 1 aromatic heterocycles. The van der Waals surface area contributed by atoms with Crippen LogP contribution in [0.15, 0.2) is 24.4 Å². The molecule has 0 atom stereocenters. The number of carbonyl (C=O) groups is 2. The van der Waals surface area contributed by atoms with Crippen LogP contribution in [0.4, 0.5) is 4.79 Å². The van der Waals surface area contributed by atoms with E-state index in [0.29, 0.717) is 31.8 Å². The Hall–Kier alpha value is -2.37. The average Bonchev–Trinajstić information content (AvgIpc) is 2.53. The third-order valence-corrected chi connectivity index (χ3v) is 3.48. The second-order valence-corrected chi connectivity index (χ2v) is 6.53. The van der Waals surface area contributed by atoms with E-state index in [2.05, 4.69) is 4.98 Å². The van der Waals surface area contributed by atoms with Crippen molar-refractivity contribution < 1.29 is 19.1 Å².